The van der Waals surface area contributed by atoms with Crippen molar-refractivity contribution in [3.05, 3.63) is 58.4 Å². The van der Waals surface area contributed by atoms with E-state index in [1.165, 1.54) is 18.0 Å². The molecule has 0 aliphatic heterocycles. The highest BCUT2D eigenvalue weighted by molar-refractivity contribution is 5.20. The molecule has 0 unspecified atom stereocenters. The van der Waals surface area contributed by atoms with E-state index in [0.717, 1.165) is 6.54 Å². The van der Waals surface area contributed by atoms with E-state index in [0.29, 0.717) is 12.6 Å². The fourth-order valence-electron chi connectivity index (χ4n) is 2.01. The summed E-state index contributed by atoms with van der Waals surface area (Å²) >= 11 is 0. The van der Waals surface area contributed by atoms with Gasteiger partial charge in [0.05, 0.1) is 11.5 Å². The summed E-state index contributed by atoms with van der Waals surface area (Å²) in [7, 11) is 2.04. The summed E-state index contributed by atoms with van der Waals surface area (Å²) in [6.45, 7) is 3.54. The zero-order valence-electron chi connectivity index (χ0n) is 11.6. The van der Waals surface area contributed by atoms with Crippen LogP contribution in [0.2, 0.25) is 0 Å². The minimum atomic E-state index is -0.431. The maximum absolute atomic E-state index is 10.6. The van der Waals surface area contributed by atoms with Gasteiger partial charge in [-0.3, -0.25) is 19.7 Å². The third-order valence-corrected chi connectivity index (χ3v) is 3.46. The van der Waals surface area contributed by atoms with Gasteiger partial charge in [0.15, 0.2) is 0 Å². The topological polar surface area (TPSA) is 64.2 Å². The molecule has 1 heterocycles. The molecule has 0 saturated heterocycles. The van der Waals surface area contributed by atoms with Crippen molar-refractivity contribution in [3.63, 3.8) is 0 Å². The van der Waals surface area contributed by atoms with E-state index in [1.54, 1.807) is 4.68 Å². The third kappa shape index (κ3) is 3.42. The predicted octanol–water partition coefficient (Wildman–Crippen LogP) is 2.48. The standard InChI is InChI=1S/C14H18N4O2/c1-12(13-6-4-3-5-7-13)16(2)8-9-17-11-14(10-15-17)18(19)20/h3-7,10-12H,8-9H2,1-2H3/t12-/m1/s1. The van der Waals surface area contributed by atoms with Crippen LogP contribution in [0.3, 0.4) is 0 Å². The van der Waals surface area contributed by atoms with Gasteiger partial charge in [-0.05, 0) is 19.5 Å². The monoisotopic (exact) mass is 274 g/mol. The fourth-order valence-corrected chi connectivity index (χ4v) is 2.01. The molecule has 1 aromatic carbocycles. The van der Waals surface area contributed by atoms with Crippen LogP contribution in [0.1, 0.15) is 18.5 Å². The number of rotatable bonds is 6. The van der Waals surface area contributed by atoms with E-state index in [9.17, 15) is 10.1 Å². The zero-order valence-corrected chi connectivity index (χ0v) is 11.6. The van der Waals surface area contributed by atoms with Gasteiger partial charge in [0.1, 0.15) is 12.4 Å². The first-order valence-corrected chi connectivity index (χ1v) is 6.50. The highest BCUT2D eigenvalue weighted by atomic mass is 16.6. The van der Waals surface area contributed by atoms with Crippen LogP contribution < -0.4 is 0 Å². The molecule has 0 saturated carbocycles. The first-order chi connectivity index (χ1) is 9.58. The molecule has 106 valence electrons. The van der Waals surface area contributed by atoms with Crippen LogP contribution >= 0.6 is 0 Å². The lowest BCUT2D eigenvalue weighted by molar-refractivity contribution is -0.385. The van der Waals surface area contributed by atoms with Crippen molar-refractivity contribution in [2.45, 2.75) is 19.5 Å². The van der Waals surface area contributed by atoms with E-state index in [4.69, 9.17) is 0 Å². The van der Waals surface area contributed by atoms with Crippen LogP contribution in [0, 0.1) is 10.1 Å². The second-order valence-corrected chi connectivity index (χ2v) is 4.79. The third-order valence-electron chi connectivity index (χ3n) is 3.46. The summed E-state index contributed by atoms with van der Waals surface area (Å²) in [5.41, 5.74) is 1.28. The molecule has 0 spiro atoms. The lowest BCUT2D eigenvalue weighted by atomic mass is 10.1. The van der Waals surface area contributed by atoms with E-state index in [1.807, 2.05) is 25.2 Å². The van der Waals surface area contributed by atoms with Crippen molar-refractivity contribution in [2.75, 3.05) is 13.6 Å². The molecular formula is C14H18N4O2. The Morgan fingerprint density at radius 1 is 1.40 bits per heavy atom. The van der Waals surface area contributed by atoms with Gasteiger partial charge in [-0.2, -0.15) is 5.10 Å². The van der Waals surface area contributed by atoms with Crippen molar-refractivity contribution in [1.29, 1.82) is 0 Å². The Hall–Kier alpha value is -2.21. The van der Waals surface area contributed by atoms with Gasteiger partial charge in [0, 0.05) is 12.6 Å². The molecule has 0 radical (unpaired) electrons. The Labute approximate surface area is 117 Å². The smallest absolute Gasteiger partial charge is 0.298 e. The molecule has 1 aromatic heterocycles. The summed E-state index contributed by atoms with van der Waals surface area (Å²) in [4.78, 5) is 12.4. The molecule has 2 rings (SSSR count). The second-order valence-electron chi connectivity index (χ2n) is 4.79. The first-order valence-electron chi connectivity index (χ1n) is 6.50. The van der Waals surface area contributed by atoms with Crippen molar-refractivity contribution in [2.24, 2.45) is 0 Å². The Bertz CT molecular complexity index is 568. The van der Waals surface area contributed by atoms with Gasteiger partial charge in [-0.1, -0.05) is 30.3 Å². The van der Waals surface area contributed by atoms with Crippen molar-refractivity contribution in [3.8, 4) is 0 Å². The number of likely N-dealkylation sites (N-methyl/N-ethyl adjacent to an activating group) is 1. The van der Waals surface area contributed by atoms with Crippen LogP contribution in [-0.2, 0) is 6.54 Å². The average Bonchev–Trinajstić information content (AvgIpc) is 2.94. The average molecular weight is 274 g/mol. The molecule has 0 fully saturated rings. The zero-order chi connectivity index (χ0) is 14.5. The Morgan fingerprint density at radius 2 is 2.10 bits per heavy atom. The molecule has 6 heteroatoms. The van der Waals surface area contributed by atoms with E-state index >= 15 is 0 Å². The highest BCUT2D eigenvalue weighted by Gasteiger charge is 2.12. The number of aromatic nitrogens is 2. The Balaban J connectivity index is 1.91. The highest BCUT2D eigenvalue weighted by Crippen LogP contribution is 2.18. The number of nitrogens with zero attached hydrogens (tertiary/aromatic N) is 4. The second kappa shape index (κ2) is 6.29. The first kappa shape index (κ1) is 14.2. The van der Waals surface area contributed by atoms with Crippen molar-refractivity contribution < 1.29 is 4.92 Å². The van der Waals surface area contributed by atoms with E-state index in [-0.39, 0.29) is 5.69 Å². The molecule has 2 aromatic rings. The number of benzene rings is 1. The molecule has 6 nitrogen and oxygen atoms in total. The SMILES string of the molecule is C[C@H](c1ccccc1)N(C)CCn1cc([N+](=O)[O-])cn1. The molecule has 0 N–H and O–H groups in total. The normalized spacial score (nSPS) is 12.6. The summed E-state index contributed by atoms with van der Waals surface area (Å²) in [5, 5.41) is 14.6. The van der Waals surface area contributed by atoms with Crippen LogP contribution in [-0.4, -0.2) is 33.2 Å². The van der Waals surface area contributed by atoms with Gasteiger partial charge in [0.2, 0.25) is 0 Å². The quantitative estimate of drug-likeness (QED) is 0.599. The summed E-state index contributed by atoms with van der Waals surface area (Å²) in [6, 6.07) is 10.5. The number of nitro groups is 1. The number of hydrogen-bond acceptors (Lipinski definition) is 4. The molecule has 1 atom stereocenters. The van der Waals surface area contributed by atoms with Gasteiger partial charge in [0.25, 0.3) is 0 Å². The van der Waals surface area contributed by atoms with Gasteiger partial charge >= 0.3 is 5.69 Å². The van der Waals surface area contributed by atoms with Gasteiger partial charge < -0.3 is 0 Å². The Kier molecular flexibility index (Phi) is 4.47. The van der Waals surface area contributed by atoms with Crippen LogP contribution in [0.15, 0.2) is 42.7 Å². The summed E-state index contributed by atoms with van der Waals surface area (Å²) in [6.07, 6.45) is 2.74. The minimum Gasteiger partial charge on any atom is -0.298 e. The molecule has 0 aliphatic rings. The molecule has 0 bridgehead atoms. The lowest BCUT2D eigenvalue weighted by Crippen LogP contribution is -2.26. The largest absolute Gasteiger partial charge is 0.306 e. The van der Waals surface area contributed by atoms with E-state index in [2.05, 4.69) is 29.1 Å². The predicted molar refractivity (Wildman–Crippen MR) is 76.4 cm³/mol. The van der Waals surface area contributed by atoms with Crippen molar-refractivity contribution in [1.82, 2.24) is 14.7 Å². The molecule has 20 heavy (non-hydrogen) atoms. The Morgan fingerprint density at radius 3 is 2.70 bits per heavy atom. The maximum atomic E-state index is 10.6. The minimum absolute atomic E-state index is 0.0313. The molecule has 0 amide bonds. The summed E-state index contributed by atoms with van der Waals surface area (Å²) < 4.78 is 1.60. The maximum Gasteiger partial charge on any atom is 0.306 e. The molecular weight excluding hydrogens is 256 g/mol. The molecule has 0 aliphatic carbocycles. The van der Waals surface area contributed by atoms with Crippen LogP contribution in [0.25, 0.3) is 0 Å². The van der Waals surface area contributed by atoms with Crippen molar-refractivity contribution >= 4 is 5.69 Å². The van der Waals surface area contributed by atoms with E-state index < -0.39 is 4.92 Å². The van der Waals surface area contributed by atoms with Gasteiger partial charge in [-0.15, -0.1) is 0 Å². The fraction of sp³-hybridized carbons (Fsp3) is 0.357. The van der Waals surface area contributed by atoms with Gasteiger partial charge in [-0.25, -0.2) is 0 Å². The van der Waals surface area contributed by atoms with Crippen LogP contribution in [0.5, 0.6) is 0 Å². The summed E-state index contributed by atoms with van der Waals surface area (Å²) in [5.74, 6) is 0. The lowest BCUT2D eigenvalue weighted by Gasteiger charge is -2.24. The van der Waals surface area contributed by atoms with Crippen LogP contribution in [0.4, 0.5) is 5.69 Å². The number of hydrogen-bond donors (Lipinski definition) is 0.